The lowest BCUT2D eigenvalue weighted by molar-refractivity contribution is -0.114. The predicted octanol–water partition coefficient (Wildman–Crippen LogP) is -0.0374. The van der Waals surface area contributed by atoms with E-state index in [1.54, 1.807) is 6.21 Å². The van der Waals surface area contributed by atoms with Gasteiger partial charge in [-0.05, 0) is 13.1 Å². The molecule has 2 aliphatic heterocycles. The summed E-state index contributed by atoms with van der Waals surface area (Å²) in [7, 11) is 0. The number of likely N-dealkylation sites (N-methyl/N-ethyl adjacent to an activating group) is 1. The molecular weight excluding hydrogens is 218 g/mol. The molecule has 0 aromatic rings. The number of aliphatic imine (C=N–C) groups is 3. The summed E-state index contributed by atoms with van der Waals surface area (Å²) in [6.07, 6.45) is 1.68. The first-order chi connectivity index (χ1) is 8.15. The summed E-state index contributed by atoms with van der Waals surface area (Å²) in [4.78, 5) is 25.7. The highest BCUT2D eigenvalue weighted by Crippen LogP contribution is 2.19. The van der Waals surface area contributed by atoms with E-state index < -0.39 is 0 Å². The van der Waals surface area contributed by atoms with Gasteiger partial charge in [0, 0.05) is 18.3 Å². The van der Waals surface area contributed by atoms with Gasteiger partial charge in [-0.25, -0.2) is 4.99 Å². The lowest BCUT2D eigenvalue weighted by Gasteiger charge is -2.18. The second-order valence-electron chi connectivity index (χ2n) is 3.83. The minimum atomic E-state index is -0.341. The molecule has 0 saturated heterocycles. The number of rotatable bonds is 4. The van der Waals surface area contributed by atoms with Crippen molar-refractivity contribution in [2.45, 2.75) is 13.8 Å². The van der Waals surface area contributed by atoms with Crippen molar-refractivity contribution >= 4 is 23.9 Å². The van der Waals surface area contributed by atoms with E-state index in [1.165, 1.54) is 0 Å². The van der Waals surface area contributed by atoms with Crippen molar-refractivity contribution in [1.82, 2.24) is 4.90 Å². The highest BCUT2D eigenvalue weighted by atomic mass is 16.1. The predicted molar refractivity (Wildman–Crippen MR) is 67.4 cm³/mol. The molecule has 90 valence electrons. The Morgan fingerprint density at radius 2 is 2.00 bits per heavy atom. The number of guanidine groups is 1. The van der Waals surface area contributed by atoms with Crippen LogP contribution in [0.3, 0.4) is 0 Å². The first-order valence-electron chi connectivity index (χ1n) is 5.62. The molecule has 6 nitrogen and oxygen atoms in total. The molecule has 0 saturated carbocycles. The molecule has 0 bridgehead atoms. The van der Waals surface area contributed by atoms with Crippen molar-refractivity contribution in [3.05, 3.63) is 11.1 Å². The number of amides is 1. The van der Waals surface area contributed by atoms with Crippen molar-refractivity contribution in [1.29, 1.82) is 0 Å². The lowest BCUT2D eigenvalue weighted by Crippen LogP contribution is -2.28. The van der Waals surface area contributed by atoms with Gasteiger partial charge in [-0.3, -0.25) is 9.69 Å². The van der Waals surface area contributed by atoms with Gasteiger partial charge in [-0.15, -0.1) is 0 Å². The highest BCUT2D eigenvalue weighted by molar-refractivity contribution is 6.34. The molecule has 0 fully saturated rings. The number of carbonyl (C=O) groups excluding carboxylic acids is 1. The van der Waals surface area contributed by atoms with E-state index in [0.29, 0.717) is 18.0 Å². The molecule has 0 aliphatic carbocycles. The van der Waals surface area contributed by atoms with Gasteiger partial charge in [0.15, 0.2) is 5.84 Å². The summed E-state index contributed by atoms with van der Waals surface area (Å²) in [5, 5.41) is 0. The Morgan fingerprint density at radius 3 is 2.65 bits per heavy atom. The third kappa shape index (κ3) is 2.16. The molecule has 2 heterocycles. The van der Waals surface area contributed by atoms with Gasteiger partial charge < -0.3 is 5.73 Å². The molecule has 0 atom stereocenters. The monoisotopic (exact) mass is 233 g/mol. The smallest absolute Gasteiger partial charge is 0.284 e. The minimum absolute atomic E-state index is 0.0185. The third-order valence-electron chi connectivity index (χ3n) is 2.83. The first-order valence-corrected chi connectivity index (χ1v) is 5.62. The number of amidine groups is 1. The fourth-order valence-corrected chi connectivity index (χ4v) is 1.83. The number of nitrogens with zero attached hydrogens (tertiary/aromatic N) is 4. The topological polar surface area (TPSA) is 83.4 Å². The van der Waals surface area contributed by atoms with E-state index in [9.17, 15) is 4.79 Å². The maximum absolute atomic E-state index is 11.7. The summed E-state index contributed by atoms with van der Waals surface area (Å²) in [6, 6.07) is 0. The number of fused-ring (bicyclic) bond motifs is 1. The number of hydrogen-bond acceptors (Lipinski definition) is 5. The van der Waals surface area contributed by atoms with Crippen LogP contribution in [0.2, 0.25) is 0 Å². The van der Waals surface area contributed by atoms with Crippen LogP contribution in [0.5, 0.6) is 0 Å². The Labute approximate surface area is 99.6 Å². The van der Waals surface area contributed by atoms with E-state index in [2.05, 4.69) is 33.7 Å². The molecule has 6 heteroatoms. The van der Waals surface area contributed by atoms with E-state index in [4.69, 9.17) is 5.73 Å². The highest BCUT2D eigenvalue weighted by Gasteiger charge is 2.28. The summed E-state index contributed by atoms with van der Waals surface area (Å²) in [6.45, 7) is 6.69. The zero-order chi connectivity index (χ0) is 12.4. The van der Waals surface area contributed by atoms with Gasteiger partial charge in [0.25, 0.3) is 5.91 Å². The molecule has 2 aliphatic rings. The summed E-state index contributed by atoms with van der Waals surface area (Å²) < 4.78 is 0. The van der Waals surface area contributed by atoms with Crippen LogP contribution in [0, 0.1) is 0 Å². The number of hydrogen-bond donors (Lipinski definition) is 1. The van der Waals surface area contributed by atoms with Crippen LogP contribution in [-0.4, -0.2) is 48.5 Å². The van der Waals surface area contributed by atoms with Gasteiger partial charge in [0.2, 0.25) is 5.96 Å². The first kappa shape index (κ1) is 11.7. The largest absolute Gasteiger partial charge is 0.368 e. The number of carbonyl (C=O) groups is 1. The summed E-state index contributed by atoms with van der Waals surface area (Å²) in [5.41, 5.74) is 6.78. The molecule has 0 spiro atoms. The Balaban J connectivity index is 2.28. The third-order valence-corrected chi connectivity index (χ3v) is 2.83. The van der Waals surface area contributed by atoms with Crippen LogP contribution >= 0.6 is 0 Å². The minimum Gasteiger partial charge on any atom is -0.368 e. The molecule has 1 amide bonds. The maximum Gasteiger partial charge on any atom is 0.284 e. The molecular formula is C11H15N5O. The summed E-state index contributed by atoms with van der Waals surface area (Å²) >= 11 is 0. The van der Waals surface area contributed by atoms with Gasteiger partial charge in [0.1, 0.15) is 0 Å². The van der Waals surface area contributed by atoms with E-state index in [1.807, 2.05) is 0 Å². The van der Waals surface area contributed by atoms with Crippen LogP contribution in [0.1, 0.15) is 13.8 Å². The van der Waals surface area contributed by atoms with Crippen LogP contribution in [0.15, 0.2) is 26.1 Å². The molecule has 2 N–H and O–H groups in total. The van der Waals surface area contributed by atoms with Gasteiger partial charge in [-0.2, -0.15) is 9.98 Å². The molecule has 2 rings (SSSR count). The number of nitrogens with two attached hydrogens (primary N) is 1. The van der Waals surface area contributed by atoms with E-state index in [-0.39, 0.29) is 11.9 Å². The van der Waals surface area contributed by atoms with Crippen LogP contribution < -0.4 is 5.73 Å². The Kier molecular flexibility index (Phi) is 3.14. The zero-order valence-corrected chi connectivity index (χ0v) is 9.97. The fourth-order valence-electron chi connectivity index (χ4n) is 1.83. The van der Waals surface area contributed by atoms with Gasteiger partial charge >= 0.3 is 0 Å². The average Bonchev–Trinajstić information content (AvgIpc) is 2.69. The molecule has 17 heavy (non-hydrogen) atoms. The molecule has 0 aromatic carbocycles. The lowest BCUT2D eigenvalue weighted by atomic mass is 10.1. The van der Waals surface area contributed by atoms with Crippen molar-refractivity contribution in [3.8, 4) is 0 Å². The zero-order valence-electron chi connectivity index (χ0n) is 9.97. The van der Waals surface area contributed by atoms with Gasteiger partial charge in [0.05, 0.1) is 5.57 Å². The Morgan fingerprint density at radius 1 is 1.29 bits per heavy atom. The molecule has 0 aromatic heterocycles. The van der Waals surface area contributed by atoms with Crippen LogP contribution in [-0.2, 0) is 4.79 Å². The van der Waals surface area contributed by atoms with Crippen molar-refractivity contribution in [3.63, 3.8) is 0 Å². The standard InChI is InChI=1S/C11H15N5O/c1-3-16(4-2)6-7-5-13-9-8(7)10(17)15-11(12)14-9/h5H,3-4,6H2,1-2H3,(H2,12,15,17). The van der Waals surface area contributed by atoms with E-state index in [0.717, 1.165) is 18.7 Å². The van der Waals surface area contributed by atoms with Crippen LogP contribution in [0.4, 0.5) is 0 Å². The Hall–Kier alpha value is -1.82. The van der Waals surface area contributed by atoms with Crippen molar-refractivity contribution < 1.29 is 4.79 Å². The van der Waals surface area contributed by atoms with Crippen molar-refractivity contribution in [2.75, 3.05) is 19.6 Å². The maximum atomic E-state index is 11.7. The molecule has 0 unspecified atom stereocenters. The molecule has 0 radical (unpaired) electrons. The quantitative estimate of drug-likeness (QED) is 0.739. The van der Waals surface area contributed by atoms with Crippen LogP contribution in [0.25, 0.3) is 0 Å². The second kappa shape index (κ2) is 4.58. The SMILES string of the molecule is CCN(CC)CC1=C2C(=O)N=C(N)N=C2N=C1. The normalized spacial score (nSPS) is 18.6. The van der Waals surface area contributed by atoms with E-state index >= 15 is 0 Å². The Bertz CT molecular complexity index is 468. The average molecular weight is 233 g/mol. The second-order valence-corrected chi connectivity index (χ2v) is 3.83. The fraction of sp³-hybridized carbons (Fsp3) is 0.455. The summed E-state index contributed by atoms with van der Waals surface area (Å²) in [5.74, 6) is 0.0341. The van der Waals surface area contributed by atoms with Crippen molar-refractivity contribution in [2.24, 2.45) is 20.7 Å². The van der Waals surface area contributed by atoms with Gasteiger partial charge in [-0.1, -0.05) is 13.8 Å².